The predicted molar refractivity (Wildman–Crippen MR) is 70.1 cm³/mol. The molecule has 4 nitrogen and oxygen atoms in total. The second-order valence-electron chi connectivity index (χ2n) is 3.61. The van der Waals surface area contributed by atoms with Crippen molar-refractivity contribution in [2.24, 2.45) is 0 Å². The Morgan fingerprint density at radius 2 is 2.24 bits per heavy atom. The summed E-state index contributed by atoms with van der Waals surface area (Å²) >= 11 is 1.67. The summed E-state index contributed by atoms with van der Waals surface area (Å²) in [4.78, 5) is 5.32. The van der Waals surface area contributed by atoms with Crippen molar-refractivity contribution < 1.29 is 4.74 Å². The Bertz CT molecular complexity index is 467. The zero-order valence-electron chi connectivity index (χ0n) is 9.64. The number of pyridine rings is 1. The van der Waals surface area contributed by atoms with Crippen LogP contribution in [0.3, 0.4) is 0 Å². The highest BCUT2D eigenvalue weighted by Gasteiger charge is 2.00. The van der Waals surface area contributed by atoms with E-state index in [4.69, 9.17) is 10.5 Å². The lowest BCUT2D eigenvalue weighted by atomic mass is 10.3. The van der Waals surface area contributed by atoms with E-state index in [1.807, 2.05) is 29.8 Å². The van der Waals surface area contributed by atoms with Crippen molar-refractivity contribution >= 4 is 17.0 Å². The monoisotopic (exact) mass is 249 g/mol. The van der Waals surface area contributed by atoms with Crippen molar-refractivity contribution in [1.82, 2.24) is 10.3 Å². The van der Waals surface area contributed by atoms with Gasteiger partial charge in [-0.3, -0.25) is 0 Å². The Kier molecular flexibility index (Phi) is 3.95. The number of nitrogens with zero attached hydrogens (tertiary/aromatic N) is 1. The summed E-state index contributed by atoms with van der Waals surface area (Å²) in [6, 6.07) is 5.78. The molecule has 3 N–H and O–H groups in total. The van der Waals surface area contributed by atoms with Gasteiger partial charge in [0.15, 0.2) is 0 Å². The van der Waals surface area contributed by atoms with E-state index in [1.54, 1.807) is 18.4 Å². The fourth-order valence-corrected chi connectivity index (χ4v) is 2.22. The van der Waals surface area contributed by atoms with Gasteiger partial charge in [-0.05, 0) is 17.0 Å². The number of aromatic nitrogens is 1. The second-order valence-corrected chi connectivity index (χ2v) is 4.61. The Balaban J connectivity index is 1.83. The molecular formula is C12H15N3OS. The van der Waals surface area contributed by atoms with Crippen molar-refractivity contribution in [1.29, 1.82) is 0 Å². The van der Waals surface area contributed by atoms with Crippen LogP contribution in [0.2, 0.25) is 0 Å². The summed E-state index contributed by atoms with van der Waals surface area (Å²) in [7, 11) is 1.61. The van der Waals surface area contributed by atoms with Gasteiger partial charge in [-0.25, -0.2) is 4.98 Å². The molecule has 0 saturated heterocycles. The van der Waals surface area contributed by atoms with Crippen LogP contribution in [-0.4, -0.2) is 12.1 Å². The Labute approximate surface area is 104 Å². The van der Waals surface area contributed by atoms with Crippen molar-refractivity contribution in [3.05, 3.63) is 40.2 Å². The summed E-state index contributed by atoms with van der Waals surface area (Å²) < 4.78 is 5.00. The van der Waals surface area contributed by atoms with E-state index in [9.17, 15) is 0 Å². The molecule has 2 aromatic rings. The number of ether oxygens (including phenoxy) is 1. The average Bonchev–Trinajstić information content (AvgIpc) is 2.76. The maximum absolute atomic E-state index is 5.80. The minimum absolute atomic E-state index is 0.635. The van der Waals surface area contributed by atoms with Crippen LogP contribution in [0.15, 0.2) is 29.8 Å². The van der Waals surface area contributed by atoms with Crippen LogP contribution in [0.5, 0.6) is 5.88 Å². The molecule has 2 aromatic heterocycles. The molecule has 0 aliphatic carbocycles. The Hall–Kier alpha value is -1.59. The highest BCUT2D eigenvalue weighted by atomic mass is 32.1. The van der Waals surface area contributed by atoms with Crippen molar-refractivity contribution in [2.45, 2.75) is 13.1 Å². The predicted octanol–water partition coefficient (Wildman–Crippen LogP) is 2.02. The largest absolute Gasteiger partial charge is 0.481 e. The van der Waals surface area contributed by atoms with Crippen LogP contribution in [0, 0.1) is 0 Å². The maximum atomic E-state index is 5.80. The van der Waals surface area contributed by atoms with Gasteiger partial charge in [-0.2, -0.15) is 0 Å². The molecule has 0 amide bonds. The smallest absolute Gasteiger partial charge is 0.212 e. The van der Waals surface area contributed by atoms with Crippen molar-refractivity contribution in [3.63, 3.8) is 0 Å². The van der Waals surface area contributed by atoms with Crippen molar-refractivity contribution in [2.75, 3.05) is 12.8 Å². The number of nitrogens with one attached hydrogen (secondary N) is 1. The number of nitrogens with two attached hydrogens (primary N) is 1. The fraction of sp³-hybridized carbons (Fsp3) is 0.250. The standard InChI is InChI=1S/C12H15N3OS/c1-16-12-3-2-9(7-15-12)6-14-8-11-10(13)4-5-17-11/h2-5,7,14H,6,8,13H2,1H3. The van der Waals surface area contributed by atoms with Crippen LogP contribution in [0.4, 0.5) is 5.69 Å². The summed E-state index contributed by atoms with van der Waals surface area (Å²) in [5.74, 6) is 0.635. The SMILES string of the molecule is COc1ccc(CNCc2sccc2N)cn1. The molecule has 0 aliphatic rings. The lowest BCUT2D eigenvalue weighted by Gasteiger charge is -2.05. The Morgan fingerprint density at radius 3 is 2.82 bits per heavy atom. The van der Waals surface area contributed by atoms with Crippen LogP contribution >= 0.6 is 11.3 Å². The van der Waals surface area contributed by atoms with Gasteiger partial charge in [0.25, 0.3) is 0 Å². The van der Waals surface area contributed by atoms with Gasteiger partial charge in [0.05, 0.1) is 7.11 Å². The molecule has 2 rings (SSSR count). The third kappa shape index (κ3) is 3.18. The number of thiophene rings is 1. The minimum Gasteiger partial charge on any atom is -0.481 e. The topological polar surface area (TPSA) is 60.2 Å². The van der Waals surface area contributed by atoms with Crippen molar-refractivity contribution in [3.8, 4) is 5.88 Å². The van der Waals surface area contributed by atoms with E-state index in [0.717, 1.165) is 24.3 Å². The minimum atomic E-state index is 0.635. The molecule has 0 aliphatic heterocycles. The fourth-order valence-electron chi connectivity index (χ4n) is 1.45. The number of nitrogen functional groups attached to an aromatic ring is 1. The van der Waals surface area contributed by atoms with E-state index in [1.165, 1.54) is 4.88 Å². The van der Waals surface area contributed by atoms with E-state index >= 15 is 0 Å². The highest BCUT2D eigenvalue weighted by Crippen LogP contribution is 2.18. The number of rotatable bonds is 5. The summed E-state index contributed by atoms with van der Waals surface area (Å²) in [5, 5.41) is 5.33. The number of hydrogen-bond acceptors (Lipinski definition) is 5. The molecule has 2 heterocycles. The quantitative estimate of drug-likeness (QED) is 0.851. The van der Waals surface area contributed by atoms with Gasteiger partial charge < -0.3 is 15.8 Å². The van der Waals surface area contributed by atoms with Crippen LogP contribution in [0.25, 0.3) is 0 Å². The first-order valence-corrected chi connectivity index (χ1v) is 6.19. The molecular weight excluding hydrogens is 234 g/mol. The molecule has 0 atom stereocenters. The molecule has 0 radical (unpaired) electrons. The number of anilines is 1. The molecule has 0 saturated carbocycles. The molecule has 0 unspecified atom stereocenters. The lowest BCUT2D eigenvalue weighted by Crippen LogP contribution is -2.12. The van der Waals surface area contributed by atoms with E-state index in [0.29, 0.717) is 5.88 Å². The summed E-state index contributed by atoms with van der Waals surface area (Å²) in [6.07, 6.45) is 1.81. The molecule has 0 bridgehead atoms. The molecule has 0 aromatic carbocycles. The summed E-state index contributed by atoms with van der Waals surface area (Å²) in [5.41, 5.74) is 7.78. The van der Waals surface area contributed by atoms with Gasteiger partial charge in [0, 0.05) is 35.9 Å². The van der Waals surface area contributed by atoms with E-state index < -0.39 is 0 Å². The van der Waals surface area contributed by atoms with Gasteiger partial charge in [-0.1, -0.05) is 6.07 Å². The third-order valence-electron chi connectivity index (χ3n) is 2.40. The van der Waals surface area contributed by atoms with Crippen LogP contribution in [0.1, 0.15) is 10.4 Å². The van der Waals surface area contributed by atoms with Gasteiger partial charge in [0.1, 0.15) is 0 Å². The number of hydrogen-bond donors (Lipinski definition) is 2. The maximum Gasteiger partial charge on any atom is 0.212 e. The first-order chi connectivity index (χ1) is 8.29. The average molecular weight is 249 g/mol. The normalized spacial score (nSPS) is 10.4. The molecule has 90 valence electrons. The van der Waals surface area contributed by atoms with E-state index in [-0.39, 0.29) is 0 Å². The lowest BCUT2D eigenvalue weighted by molar-refractivity contribution is 0.397. The van der Waals surface area contributed by atoms with Crippen LogP contribution in [-0.2, 0) is 13.1 Å². The molecule has 0 fully saturated rings. The van der Waals surface area contributed by atoms with Crippen LogP contribution < -0.4 is 15.8 Å². The zero-order chi connectivity index (χ0) is 12.1. The Morgan fingerprint density at radius 1 is 1.35 bits per heavy atom. The molecule has 5 heteroatoms. The third-order valence-corrected chi connectivity index (χ3v) is 3.34. The zero-order valence-corrected chi connectivity index (χ0v) is 10.5. The van der Waals surface area contributed by atoms with E-state index in [2.05, 4.69) is 10.3 Å². The molecule has 17 heavy (non-hydrogen) atoms. The first kappa shape index (κ1) is 11.9. The second kappa shape index (κ2) is 5.65. The van der Waals surface area contributed by atoms with Gasteiger partial charge in [0.2, 0.25) is 5.88 Å². The molecule has 0 spiro atoms. The first-order valence-electron chi connectivity index (χ1n) is 5.31. The number of methoxy groups -OCH3 is 1. The highest BCUT2D eigenvalue weighted by molar-refractivity contribution is 7.10. The van der Waals surface area contributed by atoms with Gasteiger partial charge >= 0.3 is 0 Å². The van der Waals surface area contributed by atoms with Gasteiger partial charge in [-0.15, -0.1) is 11.3 Å². The summed E-state index contributed by atoms with van der Waals surface area (Å²) in [6.45, 7) is 1.56.